The van der Waals surface area contributed by atoms with E-state index < -0.39 is 5.82 Å². The van der Waals surface area contributed by atoms with Gasteiger partial charge in [0.05, 0.1) is 6.54 Å². The summed E-state index contributed by atoms with van der Waals surface area (Å²) in [5.74, 6) is 0.300. The minimum atomic E-state index is -0.482. The molecule has 9 heteroatoms. The third-order valence-corrected chi connectivity index (χ3v) is 3.55. The van der Waals surface area contributed by atoms with Gasteiger partial charge in [0.25, 0.3) is 0 Å². The lowest BCUT2D eigenvalue weighted by Gasteiger charge is -2.31. The molecule has 2 heterocycles. The van der Waals surface area contributed by atoms with Crippen molar-refractivity contribution in [2.75, 3.05) is 33.8 Å². The number of carbonyl (C=O) groups excluding carboxylic acids is 1. The fourth-order valence-electron chi connectivity index (χ4n) is 2.31. The lowest BCUT2D eigenvalue weighted by molar-refractivity contribution is -0.132. The van der Waals surface area contributed by atoms with Crippen molar-refractivity contribution in [3.8, 4) is 5.88 Å². The maximum atomic E-state index is 13.3. The molecule has 1 aromatic rings. The molecule has 0 aromatic carbocycles. The summed E-state index contributed by atoms with van der Waals surface area (Å²) in [6.07, 6.45) is 2.79. The summed E-state index contributed by atoms with van der Waals surface area (Å²) >= 11 is 0. The largest absolute Gasteiger partial charge is 0.474 e. The number of nitrogens with zero attached hydrogens (tertiary/aromatic N) is 3. The maximum Gasteiger partial charge on any atom is 0.250 e. The Morgan fingerprint density at radius 1 is 1.58 bits per heavy atom. The Morgan fingerprint density at radius 2 is 2.38 bits per heavy atom. The summed E-state index contributed by atoms with van der Waals surface area (Å²) in [5.41, 5.74) is 0. The predicted molar refractivity (Wildman–Crippen MR) is 100 cm³/mol. The molecule has 0 saturated carbocycles. The zero-order valence-electron chi connectivity index (χ0n) is 13.8. The number of amides is 1. The summed E-state index contributed by atoms with van der Waals surface area (Å²) in [4.78, 5) is 21.1. The SMILES string of the molecule is CN=C(NCCOc1ncccc1F)NC1CCC(=O)N(C)C1.I. The first-order valence-electron chi connectivity index (χ1n) is 7.54. The van der Waals surface area contributed by atoms with Crippen molar-refractivity contribution in [1.82, 2.24) is 20.5 Å². The number of hydrogen-bond donors (Lipinski definition) is 2. The van der Waals surface area contributed by atoms with Crippen molar-refractivity contribution in [3.05, 3.63) is 24.1 Å². The van der Waals surface area contributed by atoms with Gasteiger partial charge in [-0.25, -0.2) is 9.37 Å². The molecule has 1 amide bonds. The first-order chi connectivity index (χ1) is 11.1. The minimum Gasteiger partial charge on any atom is -0.474 e. The van der Waals surface area contributed by atoms with Gasteiger partial charge < -0.3 is 20.3 Å². The Balaban J connectivity index is 0.00000288. The predicted octanol–water partition coefficient (Wildman–Crippen LogP) is 1.00. The highest BCUT2D eigenvalue weighted by Crippen LogP contribution is 2.11. The number of aromatic nitrogens is 1. The van der Waals surface area contributed by atoms with Crippen LogP contribution in [0, 0.1) is 5.82 Å². The van der Waals surface area contributed by atoms with Crippen LogP contribution in [0.25, 0.3) is 0 Å². The van der Waals surface area contributed by atoms with Crippen molar-refractivity contribution >= 4 is 35.8 Å². The maximum absolute atomic E-state index is 13.3. The van der Waals surface area contributed by atoms with Gasteiger partial charge in [-0.15, -0.1) is 24.0 Å². The summed E-state index contributed by atoms with van der Waals surface area (Å²) < 4.78 is 18.6. The molecule has 0 radical (unpaired) electrons. The van der Waals surface area contributed by atoms with Crippen LogP contribution >= 0.6 is 24.0 Å². The number of carbonyl (C=O) groups is 1. The zero-order chi connectivity index (χ0) is 16.7. The van der Waals surface area contributed by atoms with Crippen molar-refractivity contribution in [2.24, 2.45) is 4.99 Å². The molecule has 0 spiro atoms. The molecule has 0 aliphatic carbocycles. The molecule has 1 aliphatic rings. The first kappa shape index (κ1) is 20.4. The number of piperidine rings is 1. The Hall–Kier alpha value is -1.65. The van der Waals surface area contributed by atoms with Crippen molar-refractivity contribution < 1.29 is 13.9 Å². The van der Waals surface area contributed by atoms with Crippen LogP contribution in [0.2, 0.25) is 0 Å². The van der Waals surface area contributed by atoms with E-state index in [-0.39, 0.29) is 48.4 Å². The molecule has 2 rings (SSSR count). The Labute approximate surface area is 158 Å². The third-order valence-electron chi connectivity index (χ3n) is 3.55. The lowest BCUT2D eigenvalue weighted by Crippen LogP contribution is -2.52. The molecule has 0 bridgehead atoms. The van der Waals surface area contributed by atoms with Gasteiger partial charge in [0, 0.05) is 39.3 Å². The standard InChI is InChI=1S/C15H22FN5O2.HI/c1-17-15(20-11-5-6-13(22)21(2)10-11)19-8-9-23-14-12(16)4-3-7-18-14;/h3-4,7,11H,5-6,8-10H2,1-2H3,(H2,17,19,20);1H. The Kier molecular flexibility index (Phi) is 8.72. The molecule has 1 atom stereocenters. The minimum absolute atomic E-state index is 0. The number of likely N-dealkylation sites (tertiary alicyclic amines) is 1. The van der Waals surface area contributed by atoms with Gasteiger partial charge in [0.15, 0.2) is 11.8 Å². The van der Waals surface area contributed by atoms with Crippen LogP contribution in [0.1, 0.15) is 12.8 Å². The van der Waals surface area contributed by atoms with Crippen LogP contribution in [-0.4, -0.2) is 61.6 Å². The first-order valence-corrected chi connectivity index (χ1v) is 7.54. The van der Waals surface area contributed by atoms with Gasteiger partial charge in [-0.3, -0.25) is 9.79 Å². The second-order valence-corrected chi connectivity index (χ2v) is 5.29. The van der Waals surface area contributed by atoms with E-state index in [1.54, 1.807) is 19.0 Å². The summed E-state index contributed by atoms with van der Waals surface area (Å²) in [6, 6.07) is 2.98. The second kappa shape index (κ2) is 10.3. The zero-order valence-corrected chi connectivity index (χ0v) is 16.1. The van der Waals surface area contributed by atoms with Gasteiger partial charge in [0.2, 0.25) is 11.8 Å². The van der Waals surface area contributed by atoms with E-state index in [2.05, 4.69) is 20.6 Å². The molecule has 1 fully saturated rings. The number of ether oxygens (including phenoxy) is 1. The van der Waals surface area contributed by atoms with E-state index >= 15 is 0 Å². The van der Waals surface area contributed by atoms with E-state index in [9.17, 15) is 9.18 Å². The average molecular weight is 451 g/mol. The summed E-state index contributed by atoms with van der Waals surface area (Å²) in [5, 5.41) is 6.36. The number of likely N-dealkylation sites (N-methyl/N-ethyl adjacent to an activating group) is 1. The molecule has 1 aromatic heterocycles. The number of pyridine rings is 1. The number of nitrogens with one attached hydrogen (secondary N) is 2. The number of hydrogen-bond acceptors (Lipinski definition) is 4. The van der Waals surface area contributed by atoms with Crippen LogP contribution in [0.3, 0.4) is 0 Å². The van der Waals surface area contributed by atoms with E-state index in [0.717, 1.165) is 6.42 Å². The van der Waals surface area contributed by atoms with Gasteiger partial charge in [0.1, 0.15) is 6.61 Å². The fraction of sp³-hybridized carbons (Fsp3) is 0.533. The molecule has 1 unspecified atom stereocenters. The van der Waals surface area contributed by atoms with Crippen LogP contribution in [0.15, 0.2) is 23.3 Å². The number of guanidine groups is 1. The van der Waals surface area contributed by atoms with E-state index in [1.807, 2.05) is 0 Å². The molecule has 134 valence electrons. The van der Waals surface area contributed by atoms with Gasteiger partial charge in [-0.2, -0.15) is 0 Å². The van der Waals surface area contributed by atoms with Gasteiger partial charge in [-0.1, -0.05) is 0 Å². The smallest absolute Gasteiger partial charge is 0.250 e. The van der Waals surface area contributed by atoms with Crippen molar-refractivity contribution in [3.63, 3.8) is 0 Å². The lowest BCUT2D eigenvalue weighted by atomic mass is 10.1. The van der Waals surface area contributed by atoms with Crippen molar-refractivity contribution in [2.45, 2.75) is 18.9 Å². The normalized spacial score (nSPS) is 18.0. The van der Waals surface area contributed by atoms with Crippen LogP contribution in [0.5, 0.6) is 5.88 Å². The highest BCUT2D eigenvalue weighted by molar-refractivity contribution is 14.0. The number of aliphatic imine (C=N–C) groups is 1. The molecule has 1 saturated heterocycles. The van der Waals surface area contributed by atoms with E-state index in [4.69, 9.17) is 4.74 Å². The molecule has 2 N–H and O–H groups in total. The monoisotopic (exact) mass is 451 g/mol. The van der Waals surface area contributed by atoms with E-state index in [1.165, 1.54) is 18.3 Å². The molecule has 24 heavy (non-hydrogen) atoms. The van der Waals surface area contributed by atoms with Crippen LogP contribution < -0.4 is 15.4 Å². The molecule has 1 aliphatic heterocycles. The van der Waals surface area contributed by atoms with E-state index in [0.29, 0.717) is 25.5 Å². The fourth-order valence-corrected chi connectivity index (χ4v) is 2.31. The highest BCUT2D eigenvalue weighted by atomic mass is 127. The topological polar surface area (TPSA) is 78.9 Å². The quantitative estimate of drug-likeness (QED) is 0.303. The number of rotatable bonds is 5. The highest BCUT2D eigenvalue weighted by Gasteiger charge is 2.23. The Bertz CT molecular complexity index is 573. The van der Waals surface area contributed by atoms with Gasteiger partial charge in [-0.05, 0) is 18.6 Å². The van der Waals surface area contributed by atoms with Crippen LogP contribution in [0.4, 0.5) is 4.39 Å². The molecular weight excluding hydrogens is 428 g/mol. The Morgan fingerprint density at radius 3 is 3.04 bits per heavy atom. The number of halogens is 2. The molecular formula is C15H23FIN5O2. The second-order valence-electron chi connectivity index (χ2n) is 5.29. The third kappa shape index (κ3) is 6.10. The van der Waals surface area contributed by atoms with Crippen molar-refractivity contribution in [1.29, 1.82) is 0 Å². The summed E-state index contributed by atoms with van der Waals surface area (Å²) in [6.45, 7) is 1.37. The average Bonchev–Trinajstić information content (AvgIpc) is 2.55. The van der Waals surface area contributed by atoms with Crippen LogP contribution in [-0.2, 0) is 4.79 Å². The molecule has 7 nitrogen and oxygen atoms in total. The summed E-state index contributed by atoms with van der Waals surface area (Å²) in [7, 11) is 3.47. The van der Waals surface area contributed by atoms with Gasteiger partial charge >= 0.3 is 0 Å².